The molecule has 11 nitrogen and oxygen atoms in total. The molecule has 2 heterocycles. The fourth-order valence-electron chi connectivity index (χ4n) is 3.41. The van der Waals surface area contributed by atoms with Gasteiger partial charge in [-0.15, -0.1) is 10.2 Å². The largest absolute Gasteiger partial charge is 0.497 e. The number of morpholine rings is 1. The highest BCUT2D eigenvalue weighted by atomic mass is 32.2. The second-order valence-electron chi connectivity index (χ2n) is 7.31. The Hall–Kier alpha value is -3.48. The van der Waals surface area contributed by atoms with Crippen LogP contribution in [0.2, 0.25) is 0 Å². The lowest BCUT2D eigenvalue weighted by molar-refractivity contribution is 0.0730. The van der Waals surface area contributed by atoms with Crippen LogP contribution < -0.4 is 14.8 Å². The Morgan fingerprint density at radius 2 is 1.79 bits per heavy atom. The number of carbonyl (C=O) groups is 1. The van der Waals surface area contributed by atoms with Crippen molar-refractivity contribution in [2.45, 2.75) is 11.4 Å². The Kier molecular flexibility index (Phi) is 7.10. The van der Waals surface area contributed by atoms with Crippen molar-refractivity contribution >= 4 is 15.9 Å². The molecule has 0 aliphatic carbocycles. The van der Waals surface area contributed by atoms with E-state index in [2.05, 4.69) is 15.5 Å². The first-order chi connectivity index (χ1) is 16.4. The van der Waals surface area contributed by atoms with E-state index in [4.69, 9.17) is 18.6 Å². The Bertz CT molecular complexity index is 1250. The summed E-state index contributed by atoms with van der Waals surface area (Å²) >= 11 is 0. The van der Waals surface area contributed by atoms with Gasteiger partial charge in [0.1, 0.15) is 11.5 Å². The van der Waals surface area contributed by atoms with Crippen molar-refractivity contribution in [2.75, 3.05) is 40.5 Å². The van der Waals surface area contributed by atoms with Gasteiger partial charge in [-0.2, -0.15) is 4.31 Å². The van der Waals surface area contributed by atoms with E-state index in [0.717, 1.165) is 0 Å². The van der Waals surface area contributed by atoms with Crippen molar-refractivity contribution in [1.29, 1.82) is 0 Å². The molecule has 180 valence electrons. The van der Waals surface area contributed by atoms with Crippen LogP contribution in [0.3, 0.4) is 0 Å². The summed E-state index contributed by atoms with van der Waals surface area (Å²) in [5, 5.41) is 10.4. The number of amides is 1. The SMILES string of the molecule is COc1ccc(OC)c(CNC(=O)c2nnc(-c3ccc(S(=O)(=O)N4CCOCC4)cc3)o2)c1. The molecule has 4 rings (SSSR count). The van der Waals surface area contributed by atoms with E-state index in [0.29, 0.717) is 48.9 Å². The molecule has 1 fully saturated rings. The number of hydrogen-bond donors (Lipinski definition) is 1. The Morgan fingerprint density at radius 1 is 1.06 bits per heavy atom. The van der Waals surface area contributed by atoms with Crippen LogP contribution in [0.15, 0.2) is 51.8 Å². The van der Waals surface area contributed by atoms with Crippen LogP contribution in [-0.4, -0.2) is 69.4 Å². The number of rotatable bonds is 8. The third-order valence-electron chi connectivity index (χ3n) is 5.26. The molecule has 0 saturated carbocycles. The van der Waals surface area contributed by atoms with Gasteiger partial charge in [-0.3, -0.25) is 4.79 Å². The maximum absolute atomic E-state index is 12.8. The van der Waals surface area contributed by atoms with Crippen LogP contribution in [-0.2, 0) is 21.3 Å². The number of hydrogen-bond acceptors (Lipinski definition) is 9. The van der Waals surface area contributed by atoms with Gasteiger partial charge in [-0.1, -0.05) is 0 Å². The Labute approximate surface area is 196 Å². The lowest BCUT2D eigenvalue weighted by atomic mass is 10.2. The molecule has 0 bridgehead atoms. The first-order valence-corrected chi connectivity index (χ1v) is 11.9. The molecular weight excluding hydrogens is 464 g/mol. The highest BCUT2D eigenvalue weighted by Gasteiger charge is 2.26. The van der Waals surface area contributed by atoms with Crippen molar-refractivity contribution < 1.29 is 31.8 Å². The fourth-order valence-corrected chi connectivity index (χ4v) is 4.82. The summed E-state index contributed by atoms with van der Waals surface area (Å²) in [7, 11) is -0.523. The third-order valence-corrected chi connectivity index (χ3v) is 7.17. The average Bonchev–Trinajstić information content (AvgIpc) is 3.38. The van der Waals surface area contributed by atoms with E-state index in [1.165, 1.54) is 23.5 Å². The lowest BCUT2D eigenvalue weighted by Crippen LogP contribution is -2.40. The number of benzene rings is 2. The van der Waals surface area contributed by atoms with Gasteiger partial charge in [0.2, 0.25) is 15.9 Å². The van der Waals surface area contributed by atoms with Gasteiger partial charge >= 0.3 is 11.8 Å². The molecule has 2 aromatic carbocycles. The van der Waals surface area contributed by atoms with Gasteiger partial charge in [0.15, 0.2) is 0 Å². The molecule has 0 atom stereocenters. The van der Waals surface area contributed by atoms with Crippen LogP contribution in [0.1, 0.15) is 16.2 Å². The number of carbonyl (C=O) groups excluding carboxylic acids is 1. The second-order valence-corrected chi connectivity index (χ2v) is 9.25. The minimum Gasteiger partial charge on any atom is -0.497 e. The average molecular weight is 489 g/mol. The van der Waals surface area contributed by atoms with Crippen LogP contribution in [0.5, 0.6) is 11.5 Å². The van der Waals surface area contributed by atoms with Gasteiger partial charge in [0.05, 0.1) is 32.3 Å². The standard InChI is InChI=1S/C22H24N4O7S/c1-30-17-5-8-19(31-2)16(13-17)14-23-20(27)22-25-24-21(33-22)15-3-6-18(7-4-15)34(28,29)26-9-11-32-12-10-26/h3-8,13H,9-12,14H2,1-2H3,(H,23,27). The second kappa shape index (κ2) is 10.2. The summed E-state index contributed by atoms with van der Waals surface area (Å²) in [6.45, 7) is 1.52. The topological polar surface area (TPSA) is 133 Å². The van der Waals surface area contributed by atoms with Crippen molar-refractivity contribution in [3.8, 4) is 23.0 Å². The van der Waals surface area contributed by atoms with Crippen LogP contribution in [0, 0.1) is 0 Å². The monoisotopic (exact) mass is 488 g/mol. The van der Waals surface area contributed by atoms with Gasteiger partial charge in [0.25, 0.3) is 0 Å². The number of methoxy groups -OCH3 is 2. The minimum atomic E-state index is -3.61. The van der Waals surface area contributed by atoms with Crippen LogP contribution in [0.25, 0.3) is 11.5 Å². The molecule has 34 heavy (non-hydrogen) atoms. The first kappa shape index (κ1) is 23.7. The molecule has 0 unspecified atom stereocenters. The van der Waals surface area contributed by atoms with Crippen molar-refractivity contribution in [2.24, 2.45) is 0 Å². The number of sulfonamides is 1. The molecule has 1 N–H and O–H groups in total. The fraction of sp³-hybridized carbons (Fsp3) is 0.318. The Morgan fingerprint density at radius 3 is 2.47 bits per heavy atom. The first-order valence-electron chi connectivity index (χ1n) is 10.4. The van der Waals surface area contributed by atoms with Crippen molar-refractivity contribution in [3.05, 3.63) is 53.9 Å². The van der Waals surface area contributed by atoms with E-state index in [-0.39, 0.29) is 23.2 Å². The number of ether oxygens (including phenoxy) is 3. The lowest BCUT2D eigenvalue weighted by Gasteiger charge is -2.26. The number of nitrogens with zero attached hydrogens (tertiary/aromatic N) is 3. The molecule has 3 aromatic rings. The van der Waals surface area contributed by atoms with Crippen molar-refractivity contribution in [3.63, 3.8) is 0 Å². The summed E-state index contributed by atoms with van der Waals surface area (Å²) in [5.41, 5.74) is 1.20. The maximum atomic E-state index is 12.8. The summed E-state index contributed by atoms with van der Waals surface area (Å²) < 4.78 is 48.1. The minimum absolute atomic E-state index is 0.0967. The quantitative estimate of drug-likeness (QED) is 0.503. The summed E-state index contributed by atoms with van der Waals surface area (Å²) in [6.07, 6.45) is 0. The number of nitrogens with one attached hydrogen (secondary N) is 1. The van der Waals surface area contributed by atoms with Crippen LogP contribution in [0.4, 0.5) is 0 Å². The van der Waals surface area contributed by atoms with Crippen LogP contribution >= 0.6 is 0 Å². The predicted octanol–water partition coefficient (Wildman–Crippen LogP) is 1.70. The van der Waals surface area contributed by atoms with Crippen molar-refractivity contribution in [1.82, 2.24) is 19.8 Å². The maximum Gasteiger partial charge on any atom is 0.309 e. The summed E-state index contributed by atoms with van der Waals surface area (Å²) in [6, 6.07) is 11.3. The molecule has 12 heteroatoms. The zero-order valence-corrected chi connectivity index (χ0v) is 19.5. The van der Waals surface area contributed by atoms with Gasteiger partial charge in [0, 0.05) is 30.8 Å². The Balaban J connectivity index is 1.43. The van der Waals surface area contributed by atoms with E-state index in [9.17, 15) is 13.2 Å². The van der Waals surface area contributed by atoms with E-state index in [1.54, 1.807) is 37.4 Å². The zero-order valence-electron chi connectivity index (χ0n) is 18.7. The van der Waals surface area contributed by atoms with E-state index < -0.39 is 15.9 Å². The summed E-state index contributed by atoms with van der Waals surface area (Å²) in [4.78, 5) is 12.7. The summed E-state index contributed by atoms with van der Waals surface area (Å²) in [5.74, 6) is 0.542. The van der Waals surface area contributed by atoms with E-state index >= 15 is 0 Å². The highest BCUT2D eigenvalue weighted by Crippen LogP contribution is 2.25. The van der Waals surface area contributed by atoms with E-state index in [1.807, 2.05) is 0 Å². The molecular formula is C22H24N4O7S. The highest BCUT2D eigenvalue weighted by molar-refractivity contribution is 7.89. The molecule has 0 spiro atoms. The zero-order chi connectivity index (χ0) is 24.1. The normalized spacial score (nSPS) is 14.5. The molecule has 1 saturated heterocycles. The molecule has 1 aromatic heterocycles. The third kappa shape index (κ3) is 5.03. The predicted molar refractivity (Wildman–Crippen MR) is 120 cm³/mol. The smallest absolute Gasteiger partial charge is 0.309 e. The van der Waals surface area contributed by atoms with Gasteiger partial charge in [-0.25, -0.2) is 8.42 Å². The molecule has 0 radical (unpaired) electrons. The molecule has 1 amide bonds. The number of aromatic nitrogens is 2. The van der Waals surface area contributed by atoms with Gasteiger partial charge < -0.3 is 23.9 Å². The molecule has 1 aliphatic rings. The van der Waals surface area contributed by atoms with Gasteiger partial charge in [-0.05, 0) is 42.5 Å². The molecule has 1 aliphatic heterocycles.